The first kappa shape index (κ1) is 15.7. The molecule has 0 saturated carbocycles. The van der Waals surface area contributed by atoms with E-state index in [4.69, 9.17) is 4.42 Å². The lowest BCUT2D eigenvalue weighted by molar-refractivity contribution is 0.262. The molecule has 2 aromatic heterocycles. The Hall–Kier alpha value is -2.79. The number of aromatic nitrogens is 1. The Balaban J connectivity index is 1.54. The van der Waals surface area contributed by atoms with Crippen molar-refractivity contribution in [2.24, 2.45) is 0 Å². The van der Waals surface area contributed by atoms with Gasteiger partial charge in [0.1, 0.15) is 12.0 Å². The molecule has 25 heavy (non-hydrogen) atoms. The maximum absolute atomic E-state index is 11.5. The van der Waals surface area contributed by atoms with Gasteiger partial charge in [0.15, 0.2) is 5.75 Å². The van der Waals surface area contributed by atoms with Crippen molar-refractivity contribution in [2.45, 2.75) is 19.9 Å². The molecule has 0 saturated heterocycles. The van der Waals surface area contributed by atoms with Gasteiger partial charge in [-0.15, -0.1) is 0 Å². The van der Waals surface area contributed by atoms with Crippen LogP contribution in [0.1, 0.15) is 23.4 Å². The number of hydrogen-bond acceptors (Lipinski definition) is 4. The van der Waals surface area contributed by atoms with Crippen LogP contribution in [-0.2, 0) is 6.54 Å². The highest BCUT2D eigenvalue weighted by molar-refractivity contribution is 5.94. The molecular formula is C20H20N2O3. The summed E-state index contributed by atoms with van der Waals surface area (Å²) < 4.78 is 5.30. The van der Waals surface area contributed by atoms with Crippen LogP contribution in [0.4, 0.5) is 0 Å². The highest BCUT2D eigenvalue weighted by Crippen LogP contribution is 2.32. The molecule has 5 nitrogen and oxygen atoms in total. The van der Waals surface area contributed by atoms with Crippen LogP contribution in [-0.4, -0.2) is 28.1 Å². The molecule has 0 bridgehead atoms. The third-order valence-electron chi connectivity index (χ3n) is 4.75. The average Bonchev–Trinajstić information content (AvgIpc) is 2.95. The van der Waals surface area contributed by atoms with E-state index in [9.17, 15) is 9.90 Å². The second-order valence-electron chi connectivity index (χ2n) is 6.48. The molecule has 1 aromatic carbocycles. The number of hydrogen-bond donors (Lipinski definition) is 2. The number of aromatic amines is 1. The van der Waals surface area contributed by atoms with Crippen molar-refractivity contribution in [3.63, 3.8) is 0 Å². The Morgan fingerprint density at radius 1 is 1.32 bits per heavy atom. The molecule has 0 unspecified atom stereocenters. The van der Waals surface area contributed by atoms with Gasteiger partial charge in [0.25, 0.3) is 0 Å². The zero-order valence-corrected chi connectivity index (χ0v) is 14.1. The Morgan fingerprint density at radius 2 is 2.16 bits per heavy atom. The van der Waals surface area contributed by atoms with Crippen LogP contribution in [0.15, 0.2) is 51.9 Å². The van der Waals surface area contributed by atoms with E-state index in [0.29, 0.717) is 12.3 Å². The third-order valence-corrected chi connectivity index (χ3v) is 4.75. The molecule has 0 fully saturated rings. The maximum Gasteiger partial charge on any atom is 0.226 e. The summed E-state index contributed by atoms with van der Waals surface area (Å²) in [6.45, 7) is 4.38. The van der Waals surface area contributed by atoms with Crippen molar-refractivity contribution in [1.82, 2.24) is 9.88 Å². The maximum atomic E-state index is 11.5. The van der Waals surface area contributed by atoms with Crippen LogP contribution >= 0.6 is 0 Å². The first-order chi connectivity index (χ1) is 12.1. The fourth-order valence-electron chi connectivity index (χ4n) is 3.52. The Kier molecular flexibility index (Phi) is 3.93. The van der Waals surface area contributed by atoms with Crippen LogP contribution in [0.3, 0.4) is 0 Å². The lowest BCUT2D eigenvalue weighted by atomic mass is 9.96. The predicted molar refractivity (Wildman–Crippen MR) is 97.5 cm³/mol. The van der Waals surface area contributed by atoms with Crippen molar-refractivity contribution in [3.8, 4) is 5.75 Å². The molecule has 1 aliphatic rings. The molecule has 0 spiro atoms. The predicted octanol–water partition coefficient (Wildman–Crippen LogP) is 3.42. The smallest absolute Gasteiger partial charge is 0.226 e. The molecule has 3 aromatic rings. The number of nitrogens with zero attached hydrogens (tertiary/aromatic N) is 1. The Morgan fingerprint density at radius 3 is 2.92 bits per heavy atom. The van der Waals surface area contributed by atoms with Crippen LogP contribution < -0.4 is 5.43 Å². The van der Waals surface area contributed by atoms with Crippen molar-refractivity contribution in [2.75, 3.05) is 13.1 Å². The number of nitrogens with one attached hydrogen (secondary N) is 1. The molecule has 128 valence electrons. The number of fused-ring (bicyclic) bond motifs is 1. The standard InChI is InChI=1S/C20H20N2O3/c1-13-20(16-4-2-3-5-17(16)21-13)14-6-8-22(9-7-14)11-15-10-18(23)19(24)12-25-15/h2-6,10,12,21,24H,7-9,11H2,1H3. The van der Waals surface area contributed by atoms with Gasteiger partial charge in [-0.1, -0.05) is 24.3 Å². The fourth-order valence-corrected chi connectivity index (χ4v) is 3.52. The minimum Gasteiger partial charge on any atom is -0.502 e. The SMILES string of the molecule is Cc1[nH]c2ccccc2c1C1=CCN(Cc2cc(=O)c(O)co2)CC1. The summed E-state index contributed by atoms with van der Waals surface area (Å²) in [5, 5.41) is 10.5. The molecule has 0 aliphatic carbocycles. The van der Waals surface area contributed by atoms with Crippen molar-refractivity contribution < 1.29 is 9.52 Å². The van der Waals surface area contributed by atoms with E-state index >= 15 is 0 Å². The van der Waals surface area contributed by atoms with E-state index in [1.54, 1.807) is 0 Å². The van der Waals surface area contributed by atoms with E-state index < -0.39 is 5.43 Å². The van der Waals surface area contributed by atoms with Gasteiger partial charge >= 0.3 is 0 Å². The van der Waals surface area contributed by atoms with Gasteiger partial charge in [-0.05, 0) is 25.0 Å². The van der Waals surface area contributed by atoms with Gasteiger partial charge in [-0.3, -0.25) is 9.69 Å². The van der Waals surface area contributed by atoms with E-state index in [0.717, 1.165) is 25.8 Å². The number of para-hydroxylation sites is 1. The van der Waals surface area contributed by atoms with Crippen molar-refractivity contribution in [3.05, 3.63) is 69.9 Å². The van der Waals surface area contributed by atoms with Gasteiger partial charge in [0, 0.05) is 41.3 Å². The molecule has 0 atom stereocenters. The summed E-state index contributed by atoms with van der Waals surface area (Å²) in [6, 6.07) is 9.74. The first-order valence-electron chi connectivity index (χ1n) is 8.41. The molecule has 4 rings (SSSR count). The lowest BCUT2D eigenvalue weighted by Crippen LogP contribution is -2.28. The second-order valence-corrected chi connectivity index (χ2v) is 6.48. The minimum atomic E-state index is -0.399. The minimum absolute atomic E-state index is 0.348. The van der Waals surface area contributed by atoms with Gasteiger partial charge in [0.05, 0.1) is 6.54 Å². The van der Waals surface area contributed by atoms with Crippen LogP contribution in [0.5, 0.6) is 5.75 Å². The quantitative estimate of drug-likeness (QED) is 0.769. The summed E-state index contributed by atoms with van der Waals surface area (Å²) in [5.41, 5.74) is 4.64. The zero-order chi connectivity index (χ0) is 17.4. The van der Waals surface area contributed by atoms with Gasteiger partial charge in [-0.25, -0.2) is 0 Å². The molecular weight excluding hydrogens is 316 g/mol. The summed E-state index contributed by atoms with van der Waals surface area (Å²) in [5.74, 6) is 0.224. The van der Waals surface area contributed by atoms with Gasteiger partial charge < -0.3 is 14.5 Å². The Bertz CT molecular complexity index is 1010. The number of rotatable bonds is 3. The highest BCUT2D eigenvalue weighted by atomic mass is 16.4. The summed E-state index contributed by atoms with van der Waals surface area (Å²) >= 11 is 0. The van der Waals surface area contributed by atoms with Crippen LogP contribution in [0.2, 0.25) is 0 Å². The van der Waals surface area contributed by atoms with E-state index in [1.165, 1.54) is 33.8 Å². The van der Waals surface area contributed by atoms with Crippen molar-refractivity contribution in [1.29, 1.82) is 0 Å². The van der Waals surface area contributed by atoms with Crippen LogP contribution in [0.25, 0.3) is 16.5 Å². The molecule has 2 N–H and O–H groups in total. The molecule has 5 heteroatoms. The summed E-state index contributed by atoms with van der Waals surface area (Å²) in [7, 11) is 0. The van der Waals surface area contributed by atoms with E-state index in [2.05, 4.69) is 41.1 Å². The van der Waals surface area contributed by atoms with Crippen LogP contribution in [0, 0.1) is 6.92 Å². The highest BCUT2D eigenvalue weighted by Gasteiger charge is 2.18. The number of aromatic hydroxyl groups is 1. The molecule has 0 amide bonds. The summed E-state index contributed by atoms with van der Waals surface area (Å²) in [4.78, 5) is 17.2. The first-order valence-corrected chi connectivity index (χ1v) is 8.41. The number of benzene rings is 1. The second kappa shape index (κ2) is 6.26. The topological polar surface area (TPSA) is 69.5 Å². The lowest BCUT2D eigenvalue weighted by Gasteiger charge is -2.26. The average molecular weight is 336 g/mol. The van der Waals surface area contributed by atoms with Gasteiger partial charge in [0.2, 0.25) is 5.43 Å². The fraction of sp³-hybridized carbons (Fsp3) is 0.250. The van der Waals surface area contributed by atoms with E-state index in [-0.39, 0.29) is 5.75 Å². The third kappa shape index (κ3) is 2.98. The van der Waals surface area contributed by atoms with Crippen molar-refractivity contribution >= 4 is 16.5 Å². The monoisotopic (exact) mass is 336 g/mol. The summed E-state index contributed by atoms with van der Waals surface area (Å²) in [6.07, 6.45) is 4.31. The molecule has 3 heterocycles. The molecule has 1 aliphatic heterocycles. The number of aryl methyl sites for hydroxylation is 1. The largest absolute Gasteiger partial charge is 0.502 e. The normalized spacial score (nSPS) is 15.5. The van der Waals surface area contributed by atoms with Gasteiger partial charge in [-0.2, -0.15) is 0 Å². The van der Waals surface area contributed by atoms with E-state index in [1.807, 2.05) is 6.07 Å². The molecule has 0 radical (unpaired) electrons. The number of H-pyrrole nitrogens is 1. The Labute approximate surface area is 145 Å². The zero-order valence-electron chi connectivity index (χ0n) is 14.1.